The van der Waals surface area contributed by atoms with Gasteiger partial charge in [0.25, 0.3) is 0 Å². The molecule has 126 valence electrons. The Hall–Kier alpha value is -1.95. The average Bonchev–Trinajstić information content (AvgIpc) is 2.55. The predicted molar refractivity (Wildman–Crippen MR) is 88.4 cm³/mol. The Balaban J connectivity index is 2.04. The SMILES string of the molecule is CCC(c1cccnc1)N(C)C(=O)C1CCCN(CC(N)=O)C1. The summed E-state index contributed by atoms with van der Waals surface area (Å²) in [5.41, 5.74) is 6.32. The predicted octanol–water partition coefficient (Wildman–Crippen LogP) is 1.19. The zero-order chi connectivity index (χ0) is 16.8. The van der Waals surface area contributed by atoms with Gasteiger partial charge < -0.3 is 10.6 Å². The number of likely N-dealkylation sites (tertiary alicyclic amines) is 1. The summed E-state index contributed by atoms with van der Waals surface area (Å²) in [6.07, 6.45) is 6.17. The number of piperidine rings is 1. The highest BCUT2D eigenvalue weighted by Crippen LogP contribution is 2.26. The molecule has 0 aliphatic carbocycles. The molecule has 2 amide bonds. The molecule has 2 rings (SSSR count). The summed E-state index contributed by atoms with van der Waals surface area (Å²) in [7, 11) is 1.86. The third kappa shape index (κ3) is 4.51. The minimum absolute atomic E-state index is 0.0303. The van der Waals surface area contributed by atoms with Crippen molar-refractivity contribution in [2.24, 2.45) is 11.7 Å². The minimum Gasteiger partial charge on any atom is -0.369 e. The van der Waals surface area contributed by atoms with Crippen LogP contribution in [0.1, 0.15) is 37.8 Å². The highest BCUT2D eigenvalue weighted by atomic mass is 16.2. The molecule has 2 heterocycles. The van der Waals surface area contributed by atoms with Crippen molar-refractivity contribution in [3.05, 3.63) is 30.1 Å². The smallest absolute Gasteiger partial charge is 0.231 e. The summed E-state index contributed by atoms with van der Waals surface area (Å²) in [6.45, 7) is 3.74. The molecule has 1 aromatic rings. The van der Waals surface area contributed by atoms with Crippen molar-refractivity contribution in [1.82, 2.24) is 14.8 Å². The largest absolute Gasteiger partial charge is 0.369 e. The van der Waals surface area contributed by atoms with E-state index in [-0.39, 0.29) is 30.3 Å². The summed E-state index contributed by atoms with van der Waals surface area (Å²) in [4.78, 5) is 31.9. The van der Waals surface area contributed by atoms with Crippen LogP contribution in [0.25, 0.3) is 0 Å². The van der Waals surface area contributed by atoms with Crippen LogP contribution in [-0.2, 0) is 9.59 Å². The average molecular weight is 318 g/mol. The van der Waals surface area contributed by atoms with Gasteiger partial charge in [-0.15, -0.1) is 0 Å². The second kappa shape index (κ2) is 8.06. The molecule has 1 fully saturated rings. The highest BCUT2D eigenvalue weighted by molar-refractivity contribution is 5.80. The second-order valence-corrected chi connectivity index (χ2v) is 6.20. The second-order valence-electron chi connectivity index (χ2n) is 6.20. The van der Waals surface area contributed by atoms with E-state index in [2.05, 4.69) is 11.9 Å². The van der Waals surface area contributed by atoms with E-state index in [4.69, 9.17) is 5.73 Å². The van der Waals surface area contributed by atoms with Gasteiger partial charge >= 0.3 is 0 Å². The van der Waals surface area contributed by atoms with Gasteiger partial charge in [0.15, 0.2) is 0 Å². The van der Waals surface area contributed by atoms with Gasteiger partial charge in [-0.1, -0.05) is 13.0 Å². The number of carbonyl (C=O) groups excluding carboxylic acids is 2. The monoisotopic (exact) mass is 318 g/mol. The fourth-order valence-corrected chi connectivity index (χ4v) is 3.37. The van der Waals surface area contributed by atoms with E-state index in [1.54, 1.807) is 6.20 Å². The fraction of sp³-hybridized carbons (Fsp3) is 0.588. The van der Waals surface area contributed by atoms with Crippen molar-refractivity contribution in [3.8, 4) is 0 Å². The van der Waals surface area contributed by atoms with E-state index in [0.29, 0.717) is 6.54 Å². The van der Waals surface area contributed by atoms with Crippen LogP contribution in [0.5, 0.6) is 0 Å². The summed E-state index contributed by atoms with van der Waals surface area (Å²) >= 11 is 0. The zero-order valence-electron chi connectivity index (χ0n) is 13.9. The quantitative estimate of drug-likeness (QED) is 0.854. The highest BCUT2D eigenvalue weighted by Gasteiger charge is 2.31. The van der Waals surface area contributed by atoms with E-state index in [9.17, 15) is 9.59 Å². The zero-order valence-corrected chi connectivity index (χ0v) is 13.9. The number of amides is 2. The molecule has 0 bridgehead atoms. The molecule has 6 nitrogen and oxygen atoms in total. The van der Waals surface area contributed by atoms with Gasteiger partial charge in [0.2, 0.25) is 11.8 Å². The van der Waals surface area contributed by atoms with Crippen LogP contribution >= 0.6 is 0 Å². The van der Waals surface area contributed by atoms with Gasteiger partial charge in [-0.2, -0.15) is 0 Å². The van der Waals surface area contributed by atoms with Crippen molar-refractivity contribution in [1.29, 1.82) is 0 Å². The number of rotatable bonds is 6. The Morgan fingerprint density at radius 3 is 2.91 bits per heavy atom. The molecule has 1 saturated heterocycles. The number of nitrogens with two attached hydrogens (primary N) is 1. The van der Waals surface area contributed by atoms with E-state index in [0.717, 1.165) is 31.4 Å². The maximum Gasteiger partial charge on any atom is 0.231 e. The fourth-order valence-electron chi connectivity index (χ4n) is 3.37. The first-order valence-corrected chi connectivity index (χ1v) is 8.20. The van der Waals surface area contributed by atoms with Crippen LogP contribution in [0, 0.1) is 5.92 Å². The molecule has 6 heteroatoms. The van der Waals surface area contributed by atoms with Crippen LogP contribution in [0.3, 0.4) is 0 Å². The first-order chi connectivity index (χ1) is 11.0. The molecule has 2 N–H and O–H groups in total. The maximum atomic E-state index is 12.9. The summed E-state index contributed by atoms with van der Waals surface area (Å²) in [5.74, 6) is -0.276. The van der Waals surface area contributed by atoms with Crippen LogP contribution in [-0.4, -0.2) is 53.3 Å². The minimum atomic E-state index is -0.340. The van der Waals surface area contributed by atoms with Crippen LogP contribution in [0.4, 0.5) is 0 Å². The van der Waals surface area contributed by atoms with Crippen LogP contribution < -0.4 is 5.73 Å². The van der Waals surface area contributed by atoms with E-state index in [1.165, 1.54) is 0 Å². The molecule has 2 unspecified atom stereocenters. The molecule has 1 aliphatic heterocycles. The number of primary amides is 1. The van der Waals surface area contributed by atoms with Crippen molar-refractivity contribution >= 4 is 11.8 Å². The summed E-state index contributed by atoms with van der Waals surface area (Å²) in [6, 6.07) is 3.93. The van der Waals surface area contributed by atoms with Gasteiger partial charge in [-0.05, 0) is 37.4 Å². The Labute approximate surface area is 137 Å². The van der Waals surface area contributed by atoms with Gasteiger partial charge in [0, 0.05) is 26.0 Å². The van der Waals surface area contributed by atoms with Crippen molar-refractivity contribution < 1.29 is 9.59 Å². The lowest BCUT2D eigenvalue weighted by molar-refractivity contribution is -0.139. The van der Waals surface area contributed by atoms with Crippen LogP contribution in [0.15, 0.2) is 24.5 Å². The molecule has 0 spiro atoms. The van der Waals surface area contributed by atoms with E-state index in [1.807, 2.05) is 35.2 Å². The number of aromatic nitrogens is 1. The summed E-state index contributed by atoms with van der Waals surface area (Å²) < 4.78 is 0. The lowest BCUT2D eigenvalue weighted by Gasteiger charge is -2.36. The number of hydrogen-bond donors (Lipinski definition) is 1. The molecular weight excluding hydrogens is 292 g/mol. The van der Waals surface area contributed by atoms with Crippen molar-refractivity contribution in [3.63, 3.8) is 0 Å². The van der Waals surface area contributed by atoms with E-state index >= 15 is 0 Å². The molecule has 0 aromatic carbocycles. The van der Waals surface area contributed by atoms with Crippen molar-refractivity contribution in [2.75, 3.05) is 26.7 Å². The normalized spacial score (nSPS) is 20.0. The lowest BCUT2D eigenvalue weighted by atomic mass is 9.95. The summed E-state index contributed by atoms with van der Waals surface area (Å²) in [5, 5.41) is 0. The van der Waals surface area contributed by atoms with Crippen LogP contribution in [0.2, 0.25) is 0 Å². The Morgan fingerprint density at radius 2 is 2.30 bits per heavy atom. The molecule has 2 atom stereocenters. The number of carbonyl (C=O) groups is 2. The molecule has 0 radical (unpaired) electrons. The Kier molecular flexibility index (Phi) is 6.10. The van der Waals surface area contributed by atoms with Gasteiger partial charge in [-0.25, -0.2) is 0 Å². The number of nitrogens with zero attached hydrogens (tertiary/aromatic N) is 3. The third-order valence-electron chi connectivity index (χ3n) is 4.51. The first-order valence-electron chi connectivity index (χ1n) is 8.20. The lowest BCUT2D eigenvalue weighted by Crippen LogP contribution is -2.46. The van der Waals surface area contributed by atoms with E-state index < -0.39 is 0 Å². The number of pyridine rings is 1. The van der Waals surface area contributed by atoms with Crippen molar-refractivity contribution in [2.45, 2.75) is 32.2 Å². The van der Waals surface area contributed by atoms with Gasteiger partial charge in [-0.3, -0.25) is 19.5 Å². The Bertz CT molecular complexity index is 535. The maximum absolute atomic E-state index is 12.9. The third-order valence-corrected chi connectivity index (χ3v) is 4.51. The topological polar surface area (TPSA) is 79.5 Å². The van der Waals surface area contributed by atoms with Gasteiger partial charge in [0.1, 0.15) is 0 Å². The number of hydrogen-bond acceptors (Lipinski definition) is 4. The standard InChI is InChI=1S/C17H26N4O2/c1-3-15(13-6-4-8-19-10-13)20(2)17(23)14-7-5-9-21(11-14)12-16(18)22/h4,6,8,10,14-15H,3,5,7,9,11-12H2,1-2H3,(H2,18,22). The molecule has 1 aromatic heterocycles. The first kappa shape index (κ1) is 17.4. The molecule has 1 aliphatic rings. The molecule has 0 saturated carbocycles. The van der Waals surface area contributed by atoms with Gasteiger partial charge in [0.05, 0.1) is 18.5 Å². The Morgan fingerprint density at radius 1 is 1.52 bits per heavy atom. The molecule has 23 heavy (non-hydrogen) atoms. The molecular formula is C17H26N4O2.